The Balaban J connectivity index is 2.06. The van der Waals surface area contributed by atoms with E-state index in [4.69, 9.17) is 10.3 Å². The molecule has 9 heteroatoms. The number of rotatable bonds is 3. The first-order valence-corrected chi connectivity index (χ1v) is 7.41. The molecule has 102 valence electrons. The molecule has 2 saturated heterocycles. The molecular formula is C9H17N5O3S. The highest BCUT2D eigenvalue weighted by atomic mass is 32.2. The number of piperidine rings is 1. The minimum absolute atomic E-state index is 0.250. The molecule has 2 heterocycles. The summed E-state index contributed by atoms with van der Waals surface area (Å²) >= 11 is 0. The number of hydrogen-bond donors (Lipinski definition) is 0. The summed E-state index contributed by atoms with van der Waals surface area (Å²) in [5, 5.41) is 3.62. The van der Waals surface area contributed by atoms with Crippen molar-refractivity contribution in [3.8, 4) is 0 Å². The van der Waals surface area contributed by atoms with Gasteiger partial charge in [-0.3, -0.25) is 0 Å². The summed E-state index contributed by atoms with van der Waals surface area (Å²) in [6.45, 7) is 2.44. The molecule has 1 unspecified atom stereocenters. The predicted molar refractivity (Wildman–Crippen MR) is 65.1 cm³/mol. The molecule has 0 saturated carbocycles. The summed E-state index contributed by atoms with van der Waals surface area (Å²) in [5.41, 5.74) is 8.42. The molecular weight excluding hydrogens is 258 g/mol. The number of azide groups is 1. The van der Waals surface area contributed by atoms with Crippen LogP contribution in [0.4, 0.5) is 0 Å². The molecule has 0 radical (unpaired) electrons. The van der Waals surface area contributed by atoms with Crippen molar-refractivity contribution >= 4 is 10.2 Å². The van der Waals surface area contributed by atoms with Gasteiger partial charge in [0.25, 0.3) is 10.2 Å². The van der Waals surface area contributed by atoms with Gasteiger partial charge in [-0.15, -0.1) is 0 Å². The number of nitrogens with zero attached hydrogens (tertiary/aromatic N) is 5. The van der Waals surface area contributed by atoms with E-state index in [2.05, 4.69) is 10.0 Å². The topological polar surface area (TPSA) is 98.6 Å². The lowest BCUT2D eigenvalue weighted by atomic mass is 10.1. The van der Waals surface area contributed by atoms with Crippen LogP contribution in [0.1, 0.15) is 12.8 Å². The molecule has 0 bridgehead atoms. The number of hydrogen-bond acceptors (Lipinski definition) is 4. The smallest absolute Gasteiger partial charge is 0.282 e. The van der Waals surface area contributed by atoms with E-state index in [-0.39, 0.29) is 12.6 Å². The Morgan fingerprint density at radius 3 is 2.61 bits per heavy atom. The number of ether oxygens (including phenoxy) is 1. The highest BCUT2D eigenvalue weighted by molar-refractivity contribution is 7.86. The van der Waals surface area contributed by atoms with Gasteiger partial charge < -0.3 is 4.74 Å². The maximum Gasteiger partial charge on any atom is 0.282 e. The zero-order valence-corrected chi connectivity index (χ0v) is 10.9. The fraction of sp³-hybridized carbons (Fsp3) is 1.00. The summed E-state index contributed by atoms with van der Waals surface area (Å²) in [4.78, 5) is 2.76. The van der Waals surface area contributed by atoms with Crippen molar-refractivity contribution in [2.75, 3.05) is 39.4 Å². The van der Waals surface area contributed by atoms with Crippen molar-refractivity contribution in [2.24, 2.45) is 5.11 Å². The van der Waals surface area contributed by atoms with Gasteiger partial charge in [0.2, 0.25) is 0 Å². The minimum Gasteiger partial charge on any atom is -0.379 e. The first-order chi connectivity index (χ1) is 8.64. The summed E-state index contributed by atoms with van der Waals surface area (Å²) in [6, 6.07) is -0.250. The zero-order valence-electron chi connectivity index (χ0n) is 10.1. The minimum atomic E-state index is -3.43. The van der Waals surface area contributed by atoms with Crippen LogP contribution in [-0.2, 0) is 14.9 Å². The molecule has 0 aliphatic carbocycles. The molecule has 0 spiro atoms. The van der Waals surface area contributed by atoms with Crippen molar-refractivity contribution in [3.05, 3.63) is 10.4 Å². The van der Waals surface area contributed by atoms with Crippen molar-refractivity contribution in [1.29, 1.82) is 0 Å². The Hall–Kier alpha value is -0.860. The fourth-order valence-corrected chi connectivity index (χ4v) is 3.90. The lowest BCUT2D eigenvalue weighted by Gasteiger charge is -2.35. The molecule has 8 nitrogen and oxygen atoms in total. The van der Waals surface area contributed by atoms with Crippen LogP contribution in [0.5, 0.6) is 0 Å². The van der Waals surface area contributed by atoms with Crippen molar-refractivity contribution in [1.82, 2.24) is 8.61 Å². The lowest BCUT2D eigenvalue weighted by molar-refractivity contribution is 0.0695. The molecule has 1 atom stereocenters. The van der Waals surface area contributed by atoms with Crippen LogP contribution in [0, 0.1) is 0 Å². The van der Waals surface area contributed by atoms with Crippen LogP contribution in [0.25, 0.3) is 10.4 Å². The SMILES string of the molecule is [N-]=[N+]=NC1CCCN(S(=O)(=O)N2CCOCC2)C1. The normalized spacial score (nSPS) is 27.7. The Bertz CT molecular complexity index is 427. The third-order valence-corrected chi connectivity index (χ3v) is 5.20. The molecule has 2 rings (SSSR count). The summed E-state index contributed by atoms with van der Waals surface area (Å²) < 4.78 is 32.7. The van der Waals surface area contributed by atoms with E-state index in [1.165, 1.54) is 8.61 Å². The number of morpholine rings is 1. The monoisotopic (exact) mass is 275 g/mol. The van der Waals surface area contributed by atoms with E-state index < -0.39 is 10.2 Å². The second-order valence-electron chi connectivity index (χ2n) is 4.38. The largest absolute Gasteiger partial charge is 0.379 e. The summed E-state index contributed by atoms with van der Waals surface area (Å²) in [6.07, 6.45) is 1.48. The molecule has 2 aliphatic heterocycles. The van der Waals surface area contributed by atoms with E-state index in [1.54, 1.807) is 0 Å². The Labute approximate surface area is 106 Å². The van der Waals surface area contributed by atoms with Crippen LogP contribution in [0.3, 0.4) is 0 Å². The highest BCUT2D eigenvalue weighted by Gasteiger charge is 2.34. The lowest BCUT2D eigenvalue weighted by Crippen LogP contribution is -2.51. The van der Waals surface area contributed by atoms with Gasteiger partial charge in [0.05, 0.1) is 19.3 Å². The standard InChI is InChI=1S/C9H17N5O3S/c10-12-11-9-2-1-3-14(8-9)18(15,16)13-4-6-17-7-5-13/h9H,1-8H2. The van der Waals surface area contributed by atoms with E-state index in [0.29, 0.717) is 32.8 Å². The van der Waals surface area contributed by atoms with Gasteiger partial charge in [0.15, 0.2) is 0 Å². The van der Waals surface area contributed by atoms with Crippen LogP contribution in [-0.4, -0.2) is 62.5 Å². The Morgan fingerprint density at radius 1 is 1.22 bits per heavy atom. The van der Waals surface area contributed by atoms with Gasteiger partial charge in [-0.2, -0.15) is 17.0 Å². The quantitative estimate of drug-likeness (QED) is 0.422. The molecule has 0 aromatic heterocycles. The van der Waals surface area contributed by atoms with Crippen LogP contribution >= 0.6 is 0 Å². The van der Waals surface area contributed by atoms with Gasteiger partial charge in [-0.05, 0) is 18.4 Å². The van der Waals surface area contributed by atoms with Crippen molar-refractivity contribution < 1.29 is 13.2 Å². The van der Waals surface area contributed by atoms with Gasteiger partial charge in [-0.25, -0.2) is 0 Å². The van der Waals surface area contributed by atoms with E-state index >= 15 is 0 Å². The van der Waals surface area contributed by atoms with Crippen molar-refractivity contribution in [2.45, 2.75) is 18.9 Å². The van der Waals surface area contributed by atoms with Gasteiger partial charge in [0, 0.05) is 31.1 Å². The maximum atomic E-state index is 12.4. The first-order valence-electron chi connectivity index (χ1n) is 6.02. The molecule has 2 aliphatic rings. The third-order valence-electron chi connectivity index (χ3n) is 3.20. The zero-order chi connectivity index (χ0) is 13.0. The Kier molecular flexibility index (Phi) is 4.41. The summed E-state index contributed by atoms with van der Waals surface area (Å²) in [5.74, 6) is 0. The third kappa shape index (κ3) is 2.93. The predicted octanol–water partition coefficient (Wildman–Crippen LogP) is 0.338. The average Bonchev–Trinajstić information content (AvgIpc) is 2.40. The molecule has 2 fully saturated rings. The second kappa shape index (κ2) is 5.85. The molecule has 0 aromatic rings. The molecule has 0 amide bonds. The maximum absolute atomic E-state index is 12.4. The second-order valence-corrected chi connectivity index (χ2v) is 6.31. The average molecular weight is 275 g/mol. The van der Waals surface area contributed by atoms with Gasteiger partial charge in [0.1, 0.15) is 0 Å². The molecule has 0 aromatic carbocycles. The highest BCUT2D eigenvalue weighted by Crippen LogP contribution is 2.19. The van der Waals surface area contributed by atoms with Gasteiger partial charge >= 0.3 is 0 Å². The van der Waals surface area contributed by atoms with Gasteiger partial charge in [-0.1, -0.05) is 5.11 Å². The van der Waals surface area contributed by atoms with E-state index in [1.807, 2.05) is 0 Å². The molecule has 0 N–H and O–H groups in total. The fourth-order valence-electron chi connectivity index (χ4n) is 2.24. The van der Waals surface area contributed by atoms with E-state index in [0.717, 1.165) is 12.8 Å². The van der Waals surface area contributed by atoms with E-state index in [9.17, 15) is 8.42 Å². The van der Waals surface area contributed by atoms with Crippen LogP contribution < -0.4 is 0 Å². The van der Waals surface area contributed by atoms with Crippen LogP contribution in [0.15, 0.2) is 5.11 Å². The Morgan fingerprint density at radius 2 is 1.94 bits per heavy atom. The van der Waals surface area contributed by atoms with Crippen molar-refractivity contribution in [3.63, 3.8) is 0 Å². The van der Waals surface area contributed by atoms with Crippen LogP contribution in [0.2, 0.25) is 0 Å². The first kappa shape index (κ1) is 13.6. The molecule has 18 heavy (non-hydrogen) atoms. The summed E-state index contributed by atoms with van der Waals surface area (Å²) in [7, 11) is -3.43.